The fourth-order valence-electron chi connectivity index (χ4n) is 2.94. The summed E-state index contributed by atoms with van der Waals surface area (Å²) in [5.74, 6) is -0.307. The Morgan fingerprint density at radius 2 is 1.71 bits per heavy atom. The minimum atomic E-state index is -0.592. The van der Waals surface area contributed by atoms with Gasteiger partial charge < -0.3 is 19.1 Å². The average Bonchev–Trinajstić information content (AvgIpc) is 2.72. The van der Waals surface area contributed by atoms with E-state index in [2.05, 4.69) is 9.97 Å². The molecule has 2 heterocycles. The van der Waals surface area contributed by atoms with Crippen LogP contribution in [0.5, 0.6) is 17.2 Å². The second-order valence-electron chi connectivity index (χ2n) is 5.86. The first-order valence-electron chi connectivity index (χ1n) is 8.36. The molecule has 0 bridgehead atoms. The highest BCUT2D eigenvalue weighted by Crippen LogP contribution is 2.40. The quantitative estimate of drug-likeness (QED) is 0.755. The minimum absolute atomic E-state index is 0.0993. The van der Waals surface area contributed by atoms with Crippen molar-refractivity contribution >= 4 is 17.8 Å². The number of rotatable bonds is 5. The van der Waals surface area contributed by atoms with E-state index in [4.69, 9.17) is 14.2 Å². The van der Waals surface area contributed by atoms with Gasteiger partial charge in [0.1, 0.15) is 6.54 Å². The van der Waals surface area contributed by atoms with Crippen molar-refractivity contribution in [2.75, 3.05) is 45.9 Å². The number of carbonyl (C=O) groups excluding carboxylic acids is 2. The van der Waals surface area contributed by atoms with Crippen LogP contribution in [0.15, 0.2) is 24.5 Å². The zero-order chi connectivity index (χ0) is 20.3. The van der Waals surface area contributed by atoms with Gasteiger partial charge >= 0.3 is 0 Å². The van der Waals surface area contributed by atoms with Crippen molar-refractivity contribution in [2.45, 2.75) is 0 Å². The minimum Gasteiger partial charge on any atom is -0.493 e. The molecule has 10 heteroatoms. The Balaban J connectivity index is 1.81. The molecule has 1 saturated heterocycles. The molecule has 0 atom stereocenters. The second-order valence-corrected chi connectivity index (χ2v) is 5.86. The van der Waals surface area contributed by atoms with Crippen LogP contribution >= 0.6 is 0 Å². The van der Waals surface area contributed by atoms with Crippen LogP contribution in [0.25, 0.3) is 0 Å². The molecule has 0 aliphatic carbocycles. The summed E-state index contributed by atoms with van der Waals surface area (Å²) in [5.41, 5.74) is 0.249. The van der Waals surface area contributed by atoms with Crippen LogP contribution in [0.4, 0.5) is 10.3 Å². The Morgan fingerprint density at radius 1 is 1.04 bits per heavy atom. The molecule has 28 heavy (non-hydrogen) atoms. The number of aromatic nitrogens is 2. The Morgan fingerprint density at radius 3 is 2.29 bits per heavy atom. The Bertz CT molecular complexity index is 890. The van der Waals surface area contributed by atoms with Gasteiger partial charge in [-0.25, -0.2) is 14.4 Å². The lowest BCUT2D eigenvalue weighted by Gasteiger charge is -2.33. The maximum absolute atomic E-state index is 13.0. The molecule has 1 fully saturated rings. The maximum Gasteiger partial charge on any atom is 0.258 e. The van der Waals surface area contributed by atoms with E-state index in [0.29, 0.717) is 11.5 Å². The van der Waals surface area contributed by atoms with Gasteiger partial charge in [0.05, 0.1) is 39.3 Å². The number of piperazine rings is 1. The molecule has 1 aromatic carbocycles. The van der Waals surface area contributed by atoms with Crippen LogP contribution in [0, 0.1) is 5.82 Å². The number of halogens is 1. The van der Waals surface area contributed by atoms with Crippen LogP contribution < -0.4 is 19.1 Å². The SMILES string of the molecule is COc1ccc(C(=O)N2CCN(c3ncc(F)cn3)C(=O)C2)c(OC)c1OC. The standard InChI is InChI=1S/C18H19FN4O5/c1-26-13-5-4-12(15(27-2)16(13)28-3)17(25)22-6-7-23(14(24)10-22)18-20-8-11(19)9-21-18/h4-5,8-9H,6-7,10H2,1-3H3. The van der Waals surface area contributed by atoms with Gasteiger partial charge in [-0.1, -0.05) is 0 Å². The molecule has 1 aliphatic heterocycles. The number of methoxy groups -OCH3 is 3. The highest BCUT2D eigenvalue weighted by Gasteiger charge is 2.32. The van der Waals surface area contributed by atoms with E-state index in [-0.39, 0.29) is 48.7 Å². The first-order valence-corrected chi connectivity index (χ1v) is 8.36. The third kappa shape index (κ3) is 3.53. The number of amides is 2. The van der Waals surface area contributed by atoms with Gasteiger partial charge in [0, 0.05) is 13.1 Å². The van der Waals surface area contributed by atoms with Gasteiger partial charge in [-0.3, -0.25) is 14.5 Å². The first kappa shape index (κ1) is 19.3. The number of ether oxygens (including phenoxy) is 3. The number of anilines is 1. The molecule has 1 aliphatic rings. The number of carbonyl (C=O) groups is 2. The van der Waals surface area contributed by atoms with E-state index in [1.165, 1.54) is 31.1 Å². The van der Waals surface area contributed by atoms with E-state index in [1.54, 1.807) is 12.1 Å². The summed E-state index contributed by atoms with van der Waals surface area (Å²) in [6, 6.07) is 3.15. The van der Waals surface area contributed by atoms with Crippen molar-refractivity contribution in [3.05, 3.63) is 35.9 Å². The summed E-state index contributed by atoms with van der Waals surface area (Å²) < 4.78 is 28.8. The smallest absolute Gasteiger partial charge is 0.258 e. The van der Waals surface area contributed by atoms with Crippen LogP contribution in [0.1, 0.15) is 10.4 Å². The molecular weight excluding hydrogens is 371 g/mol. The molecule has 3 rings (SSSR count). The van der Waals surface area contributed by atoms with Crippen molar-refractivity contribution in [1.82, 2.24) is 14.9 Å². The van der Waals surface area contributed by atoms with Crippen LogP contribution in [0.3, 0.4) is 0 Å². The van der Waals surface area contributed by atoms with Crippen LogP contribution in [0.2, 0.25) is 0 Å². The number of nitrogens with zero attached hydrogens (tertiary/aromatic N) is 4. The van der Waals surface area contributed by atoms with Gasteiger partial charge in [0.15, 0.2) is 17.3 Å². The predicted octanol–water partition coefficient (Wildman–Crippen LogP) is 1.13. The molecule has 0 saturated carbocycles. The zero-order valence-electron chi connectivity index (χ0n) is 15.6. The van der Waals surface area contributed by atoms with Gasteiger partial charge in [-0.05, 0) is 12.1 Å². The van der Waals surface area contributed by atoms with E-state index < -0.39 is 5.82 Å². The maximum atomic E-state index is 13.0. The normalized spacial score (nSPS) is 14.1. The van der Waals surface area contributed by atoms with E-state index >= 15 is 0 Å². The molecule has 0 unspecified atom stereocenters. The van der Waals surface area contributed by atoms with Gasteiger partial charge in [-0.2, -0.15) is 0 Å². The second kappa shape index (κ2) is 8.07. The summed E-state index contributed by atoms with van der Waals surface area (Å²) in [6.07, 6.45) is 1.98. The lowest BCUT2D eigenvalue weighted by atomic mass is 10.1. The topological polar surface area (TPSA) is 94.1 Å². The van der Waals surface area contributed by atoms with Crippen molar-refractivity contribution in [2.24, 2.45) is 0 Å². The van der Waals surface area contributed by atoms with Crippen LogP contribution in [-0.4, -0.2) is 67.6 Å². The number of hydrogen-bond donors (Lipinski definition) is 0. The third-order valence-corrected chi connectivity index (χ3v) is 4.29. The molecular formula is C18H19FN4O5. The monoisotopic (exact) mass is 390 g/mol. The fraction of sp³-hybridized carbons (Fsp3) is 0.333. The molecule has 0 spiro atoms. The Kier molecular flexibility index (Phi) is 5.57. The van der Waals surface area contributed by atoms with Crippen molar-refractivity contribution < 1.29 is 28.2 Å². The molecule has 1 aromatic heterocycles. The molecule has 2 amide bonds. The summed E-state index contributed by atoms with van der Waals surface area (Å²) in [6.45, 7) is 0.270. The summed E-state index contributed by atoms with van der Waals surface area (Å²) in [7, 11) is 4.34. The third-order valence-electron chi connectivity index (χ3n) is 4.29. The summed E-state index contributed by atoms with van der Waals surface area (Å²) in [4.78, 5) is 35.8. The van der Waals surface area contributed by atoms with Gasteiger partial charge in [0.2, 0.25) is 17.6 Å². The first-order chi connectivity index (χ1) is 13.5. The average molecular weight is 390 g/mol. The van der Waals surface area contributed by atoms with Crippen molar-refractivity contribution in [3.63, 3.8) is 0 Å². The van der Waals surface area contributed by atoms with E-state index in [9.17, 15) is 14.0 Å². The van der Waals surface area contributed by atoms with Crippen molar-refractivity contribution in [1.29, 1.82) is 0 Å². The Labute approximate surface area is 160 Å². The van der Waals surface area contributed by atoms with Crippen molar-refractivity contribution in [3.8, 4) is 17.2 Å². The molecule has 2 aromatic rings. The Hall–Kier alpha value is -3.43. The number of hydrogen-bond acceptors (Lipinski definition) is 7. The van der Waals surface area contributed by atoms with Gasteiger partial charge in [0.25, 0.3) is 5.91 Å². The number of benzene rings is 1. The van der Waals surface area contributed by atoms with Crippen LogP contribution in [-0.2, 0) is 4.79 Å². The summed E-state index contributed by atoms with van der Waals surface area (Å²) in [5, 5.41) is 0. The molecule has 0 radical (unpaired) electrons. The zero-order valence-corrected chi connectivity index (χ0v) is 15.6. The predicted molar refractivity (Wildman–Crippen MR) is 96.3 cm³/mol. The lowest BCUT2D eigenvalue weighted by Crippen LogP contribution is -2.53. The molecule has 148 valence electrons. The largest absolute Gasteiger partial charge is 0.493 e. The van der Waals surface area contributed by atoms with Gasteiger partial charge in [-0.15, -0.1) is 0 Å². The lowest BCUT2D eigenvalue weighted by molar-refractivity contribution is -0.120. The fourth-order valence-corrected chi connectivity index (χ4v) is 2.94. The van der Waals surface area contributed by atoms with E-state index in [0.717, 1.165) is 12.4 Å². The molecule has 0 N–H and O–H groups in total. The highest BCUT2D eigenvalue weighted by molar-refractivity contribution is 6.03. The summed E-state index contributed by atoms with van der Waals surface area (Å²) >= 11 is 0. The highest BCUT2D eigenvalue weighted by atomic mass is 19.1. The molecule has 9 nitrogen and oxygen atoms in total. The van der Waals surface area contributed by atoms with E-state index in [1.807, 2.05) is 0 Å².